The van der Waals surface area contributed by atoms with Crippen molar-refractivity contribution in [2.75, 3.05) is 5.32 Å². The van der Waals surface area contributed by atoms with Crippen LogP contribution in [0.2, 0.25) is 0 Å². The molecule has 0 aliphatic rings. The third-order valence-corrected chi connectivity index (χ3v) is 4.18. The highest BCUT2D eigenvalue weighted by atomic mass is 32.1. The summed E-state index contributed by atoms with van der Waals surface area (Å²) in [5.74, 6) is 0.685. The van der Waals surface area contributed by atoms with E-state index in [1.807, 2.05) is 31.2 Å². The number of alkyl halides is 2. The summed E-state index contributed by atoms with van der Waals surface area (Å²) in [6.07, 6.45) is -0.705. The molecule has 0 aliphatic heterocycles. The highest BCUT2D eigenvalue weighted by Crippen LogP contribution is 2.25. The van der Waals surface area contributed by atoms with Gasteiger partial charge in [0.25, 0.3) is 6.43 Å². The first kappa shape index (κ1) is 17.2. The Morgan fingerprint density at radius 2 is 2.04 bits per heavy atom. The molecule has 25 heavy (non-hydrogen) atoms. The molecule has 0 unspecified atom stereocenters. The summed E-state index contributed by atoms with van der Waals surface area (Å²) in [4.78, 5) is 16.0. The van der Waals surface area contributed by atoms with Crippen LogP contribution >= 0.6 is 11.3 Å². The van der Waals surface area contributed by atoms with Gasteiger partial charge in [-0.15, -0.1) is 10.2 Å². The Hall–Kier alpha value is -2.68. The molecule has 1 aromatic carbocycles. The van der Waals surface area contributed by atoms with Gasteiger partial charge in [-0.3, -0.25) is 4.79 Å². The van der Waals surface area contributed by atoms with Gasteiger partial charge in [0.2, 0.25) is 11.0 Å². The highest BCUT2D eigenvalue weighted by molar-refractivity contribution is 7.15. The van der Waals surface area contributed by atoms with Crippen LogP contribution < -0.4 is 5.32 Å². The Kier molecular flexibility index (Phi) is 5.13. The van der Waals surface area contributed by atoms with Crippen LogP contribution in [0.15, 0.2) is 34.9 Å². The minimum atomic E-state index is -2.70. The number of nitrogens with one attached hydrogen (secondary N) is 1. The fourth-order valence-corrected chi connectivity index (χ4v) is 2.67. The maximum absolute atomic E-state index is 12.4. The maximum Gasteiger partial charge on any atom is 0.291 e. The fourth-order valence-electron chi connectivity index (χ4n) is 2.05. The molecule has 0 saturated carbocycles. The average molecular weight is 364 g/mol. The maximum atomic E-state index is 12.4. The number of hydrogen-bond acceptors (Lipinski definition) is 6. The molecule has 1 N–H and O–H groups in total. The van der Waals surface area contributed by atoms with Crippen LogP contribution in [0, 0.1) is 6.92 Å². The van der Waals surface area contributed by atoms with E-state index in [1.165, 1.54) is 0 Å². The number of rotatable bonds is 6. The molecule has 2 aromatic heterocycles. The van der Waals surface area contributed by atoms with Gasteiger partial charge in [0.05, 0.1) is 6.20 Å². The Labute approximate surface area is 145 Å². The molecule has 0 bridgehead atoms. The highest BCUT2D eigenvalue weighted by Gasteiger charge is 2.16. The van der Waals surface area contributed by atoms with Crippen LogP contribution in [0.4, 0.5) is 13.9 Å². The van der Waals surface area contributed by atoms with Gasteiger partial charge < -0.3 is 9.73 Å². The molecule has 0 fully saturated rings. The molecule has 0 aliphatic carbocycles. The number of carbonyl (C=O) groups excluding carboxylic acids is 1. The van der Waals surface area contributed by atoms with Gasteiger partial charge in [0, 0.05) is 18.4 Å². The summed E-state index contributed by atoms with van der Waals surface area (Å²) in [5, 5.41) is 8.86. The van der Waals surface area contributed by atoms with Gasteiger partial charge in [-0.05, 0) is 6.92 Å². The average Bonchev–Trinajstić information content (AvgIpc) is 3.23. The van der Waals surface area contributed by atoms with Crippen LogP contribution in [-0.4, -0.2) is 21.1 Å². The third-order valence-electron chi connectivity index (χ3n) is 3.33. The van der Waals surface area contributed by atoms with E-state index in [9.17, 15) is 13.6 Å². The SMILES string of the molecule is Cc1ccc(-c2cnc(CCC(=O)Nc3nnc(C(F)F)s3)o2)cc1. The second-order valence-corrected chi connectivity index (χ2v) is 6.29. The lowest BCUT2D eigenvalue weighted by Gasteiger charge is -1.99. The molecule has 0 saturated heterocycles. The first-order chi connectivity index (χ1) is 12.0. The lowest BCUT2D eigenvalue weighted by molar-refractivity contribution is -0.116. The molecular weight excluding hydrogens is 350 g/mol. The summed E-state index contributed by atoms with van der Waals surface area (Å²) in [6, 6.07) is 7.81. The molecule has 130 valence electrons. The van der Waals surface area contributed by atoms with Crippen molar-refractivity contribution in [3.63, 3.8) is 0 Å². The van der Waals surface area contributed by atoms with Gasteiger partial charge in [0.15, 0.2) is 16.7 Å². The largest absolute Gasteiger partial charge is 0.441 e. The number of nitrogens with zero attached hydrogens (tertiary/aromatic N) is 3. The van der Waals surface area contributed by atoms with Gasteiger partial charge >= 0.3 is 0 Å². The van der Waals surface area contributed by atoms with Gasteiger partial charge in [-0.2, -0.15) is 0 Å². The van der Waals surface area contributed by atoms with E-state index in [1.54, 1.807) is 6.20 Å². The van der Waals surface area contributed by atoms with Crippen molar-refractivity contribution >= 4 is 22.4 Å². The number of aryl methyl sites for hydroxylation is 2. The number of aromatic nitrogens is 3. The summed E-state index contributed by atoms with van der Waals surface area (Å²) in [7, 11) is 0. The van der Waals surface area contributed by atoms with Crippen LogP contribution in [0.3, 0.4) is 0 Å². The number of carbonyl (C=O) groups is 1. The molecule has 0 radical (unpaired) electrons. The standard InChI is InChI=1S/C16H14F2N4O2S/c1-9-2-4-10(5-3-9)11-8-19-13(24-11)7-6-12(23)20-16-22-21-15(25-16)14(17)18/h2-5,8,14H,6-7H2,1H3,(H,20,22,23). The first-order valence-corrected chi connectivity index (χ1v) is 8.26. The third kappa shape index (κ3) is 4.44. The van der Waals surface area contributed by atoms with Crippen molar-refractivity contribution < 1.29 is 18.0 Å². The van der Waals surface area contributed by atoms with Crippen molar-refractivity contribution in [2.24, 2.45) is 0 Å². The molecule has 3 rings (SSSR count). The Morgan fingerprint density at radius 3 is 2.72 bits per heavy atom. The molecular formula is C16H14F2N4O2S. The second-order valence-electron chi connectivity index (χ2n) is 5.28. The lowest BCUT2D eigenvalue weighted by atomic mass is 10.1. The monoisotopic (exact) mass is 364 g/mol. The molecule has 0 atom stereocenters. The Balaban J connectivity index is 1.54. The number of halogens is 2. The normalized spacial score (nSPS) is 11.0. The van der Waals surface area contributed by atoms with Crippen molar-refractivity contribution in [3.8, 4) is 11.3 Å². The number of benzene rings is 1. The minimum absolute atomic E-state index is 0.0491. The predicted octanol–water partition coefficient (Wildman–Crippen LogP) is 4.01. The molecule has 9 heteroatoms. The van der Waals surface area contributed by atoms with Crippen LogP contribution in [-0.2, 0) is 11.2 Å². The summed E-state index contributed by atoms with van der Waals surface area (Å²) < 4.78 is 30.5. The van der Waals surface area contributed by atoms with Crippen molar-refractivity contribution in [3.05, 3.63) is 46.9 Å². The van der Waals surface area contributed by atoms with E-state index in [0.29, 0.717) is 23.0 Å². The summed E-state index contributed by atoms with van der Waals surface area (Å²) in [5.41, 5.74) is 2.05. The summed E-state index contributed by atoms with van der Waals surface area (Å²) >= 11 is 0.650. The zero-order chi connectivity index (χ0) is 17.8. The Bertz CT molecular complexity index is 861. The van der Waals surface area contributed by atoms with E-state index in [4.69, 9.17) is 4.42 Å². The molecule has 1 amide bonds. The predicted molar refractivity (Wildman–Crippen MR) is 88.5 cm³/mol. The zero-order valence-electron chi connectivity index (χ0n) is 13.2. The van der Waals surface area contributed by atoms with Crippen LogP contribution in [0.25, 0.3) is 11.3 Å². The molecule has 6 nitrogen and oxygen atoms in total. The topological polar surface area (TPSA) is 80.9 Å². The van der Waals surface area contributed by atoms with Gasteiger partial charge in [-0.1, -0.05) is 41.2 Å². The molecule has 3 aromatic rings. The Morgan fingerprint density at radius 1 is 1.28 bits per heavy atom. The number of oxazole rings is 1. The zero-order valence-corrected chi connectivity index (χ0v) is 14.0. The first-order valence-electron chi connectivity index (χ1n) is 7.44. The fraction of sp³-hybridized carbons (Fsp3) is 0.250. The smallest absolute Gasteiger partial charge is 0.291 e. The van der Waals surface area contributed by atoms with E-state index in [0.717, 1.165) is 11.1 Å². The van der Waals surface area contributed by atoms with Gasteiger partial charge in [-0.25, -0.2) is 13.8 Å². The number of amides is 1. The van der Waals surface area contributed by atoms with Crippen LogP contribution in [0.1, 0.15) is 29.3 Å². The van der Waals surface area contributed by atoms with Gasteiger partial charge in [0.1, 0.15) is 0 Å². The number of hydrogen-bond donors (Lipinski definition) is 1. The second kappa shape index (κ2) is 7.47. The molecule has 0 spiro atoms. The van der Waals surface area contributed by atoms with E-state index >= 15 is 0 Å². The van der Waals surface area contributed by atoms with Crippen LogP contribution in [0.5, 0.6) is 0 Å². The lowest BCUT2D eigenvalue weighted by Crippen LogP contribution is -2.12. The molecule has 2 heterocycles. The van der Waals surface area contributed by atoms with E-state index in [2.05, 4.69) is 20.5 Å². The van der Waals surface area contributed by atoms with E-state index < -0.39 is 11.4 Å². The van der Waals surface area contributed by atoms with Crippen molar-refractivity contribution in [2.45, 2.75) is 26.2 Å². The summed E-state index contributed by atoms with van der Waals surface area (Å²) in [6.45, 7) is 2.00. The quantitative estimate of drug-likeness (QED) is 0.715. The van der Waals surface area contributed by atoms with E-state index in [-0.39, 0.29) is 23.9 Å². The van der Waals surface area contributed by atoms with Crippen molar-refractivity contribution in [1.29, 1.82) is 0 Å². The van der Waals surface area contributed by atoms with Crippen molar-refractivity contribution in [1.82, 2.24) is 15.2 Å². The number of anilines is 1. The minimum Gasteiger partial charge on any atom is -0.441 e.